The molecule has 0 saturated carbocycles. The van der Waals surface area contributed by atoms with Crippen LogP contribution in [0.1, 0.15) is 31.7 Å². The fourth-order valence-electron chi connectivity index (χ4n) is 2.96. The van der Waals surface area contributed by atoms with Crippen LogP contribution in [0.15, 0.2) is 60.7 Å². The minimum Gasteiger partial charge on any atom is -0.497 e. The third-order valence-corrected chi connectivity index (χ3v) is 4.70. The third-order valence-electron chi connectivity index (χ3n) is 4.70. The molecule has 0 heterocycles. The maximum Gasteiger partial charge on any atom is 0.231 e. The highest BCUT2D eigenvalue weighted by molar-refractivity contribution is 5.97. The van der Waals surface area contributed by atoms with E-state index < -0.39 is 0 Å². The molecule has 0 aliphatic carbocycles. The first-order valence-corrected chi connectivity index (χ1v) is 9.28. The molecular weight excluding hydrogens is 352 g/mol. The molecule has 2 amide bonds. The average molecular weight is 376 g/mol. The van der Waals surface area contributed by atoms with Gasteiger partial charge in [-0.15, -0.1) is 0 Å². The molecule has 1 atom stereocenters. The zero-order chi connectivity index (χ0) is 20.1. The maximum atomic E-state index is 12.7. The molecule has 2 N–H and O–H groups in total. The SMILES string of the molecule is CCC(=O)Nc1cccc(NC(=O)[C@@H](C)c2ccc3cc(OC)ccc3c2)c1. The van der Waals surface area contributed by atoms with E-state index in [4.69, 9.17) is 4.74 Å². The van der Waals surface area contributed by atoms with Crippen molar-refractivity contribution in [3.05, 3.63) is 66.2 Å². The molecule has 144 valence electrons. The van der Waals surface area contributed by atoms with Gasteiger partial charge in [0.05, 0.1) is 13.0 Å². The van der Waals surface area contributed by atoms with Gasteiger partial charge in [-0.25, -0.2) is 0 Å². The number of fused-ring (bicyclic) bond motifs is 1. The third kappa shape index (κ3) is 4.49. The van der Waals surface area contributed by atoms with Crippen LogP contribution in [0, 0.1) is 0 Å². The number of ether oxygens (including phenoxy) is 1. The van der Waals surface area contributed by atoms with Crippen molar-refractivity contribution in [2.75, 3.05) is 17.7 Å². The van der Waals surface area contributed by atoms with Gasteiger partial charge < -0.3 is 15.4 Å². The fraction of sp³-hybridized carbons (Fsp3) is 0.217. The van der Waals surface area contributed by atoms with Gasteiger partial charge in [-0.3, -0.25) is 9.59 Å². The Balaban J connectivity index is 1.74. The molecule has 0 spiro atoms. The molecule has 3 aromatic rings. The Morgan fingerprint density at radius 3 is 2.32 bits per heavy atom. The van der Waals surface area contributed by atoms with Crippen LogP contribution in [0.25, 0.3) is 10.8 Å². The van der Waals surface area contributed by atoms with Gasteiger partial charge in [0.1, 0.15) is 5.75 Å². The van der Waals surface area contributed by atoms with Gasteiger partial charge in [0.25, 0.3) is 0 Å². The van der Waals surface area contributed by atoms with Gasteiger partial charge in [0, 0.05) is 17.8 Å². The summed E-state index contributed by atoms with van der Waals surface area (Å²) < 4.78 is 5.26. The van der Waals surface area contributed by atoms with Crippen LogP contribution in [0.4, 0.5) is 11.4 Å². The molecule has 0 saturated heterocycles. The lowest BCUT2D eigenvalue weighted by Crippen LogP contribution is -2.19. The first kappa shape index (κ1) is 19.4. The molecule has 0 aromatic heterocycles. The van der Waals surface area contributed by atoms with Crippen LogP contribution in [-0.2, 0) is 9.59 Å². The standard InChI is InChI=1S/C23H24N2O3/c1-4-22(26)24-19-6-5-7-20(14-19)25-23(27)15(2)16-8-9-18-13-21(28-3)11-10-17(18)12-16/h5-15H,4H2,1-3H3,(H,24,26)(H,25,27)/t15-/m0/s1. The van der Waals surface area contributed by atoms with Gasteiger partial charge in [-0.05, 0) is 53.6 Å². The first-order chi connectivity index (χ1) is 13.5. The molecule has 0 unspecified atom stereocenters. The van der Waals surface area contributed by atoms with E-state index in [0.717, 1.165) is 22.1 Å². The van der Waals surface area contributed by atoms with E-state index in [1.165, 1.54) is 0 Å². The van der Waals surface area contributed by atoms with E-state index in [1.807, 2.05) is 43.3 Å². The minimum atomic E-state index is -0.319. The number of benzene rings is 3. The topological polar surface area (TPSA) is 67.4 Å². The molecule has 0 fully saturated rings. The fourth-order valence-corrected chi connectivity index (χ4v) is 2.96. The van der Waals surface area contributed by atoms with Crippen molar-refractivity contribution in [2.45, 2.75) is 26.2 Å². The van der Waals surface area contributed by atoms with Gasteiger partial charge >= 0.3 is 0 Å². The molecule has 5 nitrogen and oxygen atoms in total. The van der Waals surface area contributed by atoms with Crippen LogP contribution in [-0.4, -0.2) is 18.9 Å². The Morgan fingerprint density at radius 2 is 1.61 bits per heavy atom. The van der Waals surface area contributed by atoms with Gasteiger partial charge in [-0.2, -0.15) is 0 Å². The summed E-state index contributed by atoms with van der Waals surface area (Å²) in [5.41, 5.74) is 2.25. The molecular formula is C23H24N2O3. The average Bonchev–Trinajstić information content (AvgIpc) is 2.72. The van der Waals surface area contributed by atoms with Crippen molar-refractivity contribution >= 4 is 34.0 Å². The van der Waals surface area contributed by atoms with Gasteiger partial charge in [-0.1, -0.05) is 37.3 Å². The molecule has 0 aliphatic rings. The number of hydrogen-bond acceptors (Lipinski definition) is 3. The van der Waals surface area contributed by atoms with Crippen molar-refractivity contribution in [3.8, 4) is 5.75 Å². The number of carbonyl (C=O) groups is 2. The minimum absolute atomic E-state index is 0.0651. The zero-order valence-corrected chi connectivity index (χ0v) is 16.3. The largest absolute Gasteiger partial charge is 0.497 e. The highest BCUT2D eigenvalue weighted by Crippen LogP contribution is 2.26. The number of methoxy groups -OCH3 is 1. The van der Waals surface area contributed by atoms with Crippen molar-refractivity contribution < 1.29 is 14.3 Å². The second-order valence-electron chi connectivity index (χ2n) is 6.67. The summed E-state index contributed by atoms with van der Waals surface area (Å²) in [6.45, 7) is 3.67. The van der Waals surface area contributed by atoms with E-state index >= 15 is 0 Å². The van der Waals surface area contributed by atoms with Crippen molar-refractivity contribution in [3.63, 3.8) is 0 Å². The summed E-state index contributed by atoms with van der Waals surface area (Å²) in [4.78, 5) is 24.3. The highest BCUT2D eigenvalue weighted by atomic mass is 16.5. The Bertz CT molecular complexity index is 1010. The molecule has 0 radical (unpaired) electrons. The summed E-state index contributed by atoms with van der Waals surface area (Å²) in [5.74, 6) is 0.318. The van der Waals surface area contributed by atoms with Crippen molar-refractivity contribution in [1.29, 1.82) is 0 Å². The van der Waals surface area contributed by atoms with Crippen LogP contribution in [0.3, 0.4) is 0 Å². The van der Waals surface area contributed by atoms with E-state index in [-0.39, 0.29) is 17.7 Å². The molecule has 5 heteroatoms. The molecule has 28 heavy (non-hydrogen) atoms. The highest BCUT2D eigenvalue weighted by Gasteiger charge is 2.16. The monoisotopic (exact) mass is 376 g/mol. The van der Waals surface area contributed by atoms with E-state index in [0.29, 0.717) is 17.8 Å². The maximum absolute atomic E-state index is 12.7. The van der Waals surface area contributed by atoms with Crippen LogP contribution in [0.2, 0.25) is 0 Å². The Hall–Kier alpha value is -3.34. The zero-order valence-electron chi connectivity index (χ0n) is 16.3. The predicted octanol–water partition coefficient (Wildman–Crippen LogP) is 4.94. The van der Waals surface area contributed by atoms with Crippen LogP contribution < -0.4 is 15.4 Å². The second-order valence-corrected chi connectivity index (χ2v) is 6.67. The summed E-state index contributed by atoms with van der Waals surface area (Å²) in [7, 11) is 1.64. The van der Waals surface area contributed by atoms with Crippen LogP contribution in [0.5, 0.6) is 5.75 Å². The molecule has 3 rings (SSSR count). The van der Waals surface area contributed by atoms with E-state index in [2.05, 4.69) is 10.6 Å². The number of rotatable bonds is 6. The lowest BCUT2D eigenvalue weighted by molar-refractivity contribution is -0.117. The lowest BCUT2D eigenvalue weighted by atomic mass is 9.97. The second kappa shape index (κ2) is 8.57. The number of anilines is 2. The van der Waals surface area contributed by atoms with Crippen LogP contribution >= 0.6 is 0 Å². The summed E-state index contributed by atoms with van der Waals surface area (Å²) in [6.07, 6.45) is 0.404. The number of carbonyl (C=O) groups excluding carboxylic acids is 2. The van der Waals surface area contributed by atoms with Crippen molar-refractivity contribution in [2.24, 2.45) is 0 Å². The predicted molar refractivity (Wildman–Crippen MR) is 113 cm³/mol. The summed E-state index contributed by atoms with van der Waals surface area (Å²) >= 11 is 0. The number of amides is 2. The smallest absolute Gasteiger partial charge is 0.231 e. The van der Waals surface area contributed by atoms with Crippen molar-refractivity contribution in [1.82, 2.24) is 0 Å². The lowest BCUT2D eigenvalue weighted by Gasteiger charge is -2.14. The Labute approximate surface area is 164 Å². The van der Waals surface area contributed by atoms with Gasteiger partial charge in [0.15, 0.2) is 0 Å². The summed E-state index contributed by atoms with van der Waals surface area (Å²) in [6, 6.07) is 19.0. The number of hydrogen-bond donors (Lipinski definition) is 2. The number of nitrogens with one attached hydrogen (secondary N) is 2. The Morgan fingerprint density at radius 1 is 0.929 bits per heavy atom. The molecule has 0 bridgehead atoms. The molecule has 3 aromatic carbocycles. The quantitative estimate of drug-likeness (QED) is 0.640. The van der Waals surface area contributed by atoms with E-state index in [1.54, 1.807) is 38.3 Å². The van der Waals surface area contributed by atoms with Gasteiger partial charge in [0.2, 0.25) is 11.8 Å². The molecule has 0 aliphatic heterocycles. The normalized spacial score (nSPS) is 11.7. The van der Waals surface area contributed by atoms with E-state index in [9.17, 15) is 9.59 Å². The Kier molecular flexibility index (Phi) is 5.94. The summed E-state index contributed by atoms with van der Waals surface area (Å²) in [5, 5.41) is 7.85. The first-order valence-electron chi connectivity index (χ1n) is 9.28.